The first-order valence-corrected chi connectivity index (χ1v) is 9.29. The van der Waals surface area contributed by atoms with E-state index < -0.39 is 0 Å². The minimum atomic E-state index is -0.381. The lowest BCUT2D eigenvalue weighted by molar-refractivity contribution is 0.0734. The van der Waals surface area contributed by atoms with Gasteiger partial charge in [0, 0.05) is 0 Å². The smallest absolute Gasteiger partial charge is 0.343 e. The molecule has 2 rings (SSSR count). The Balaban J connectivity index is 1.73. The Bertz CT molecular complexity index is 629. The lowest BCUT2D eigenvalue weighted by atomic mass is 10.0. The maximum atomic E-state index is 12.1. The van der Waals surface area contributed by atoms with Gasteiger partial charge in [-0.05, 0) is 54.8 Å². The molecule has 0 heterocycles. The Morgan fingerprint density at radius 2 is 1.44 bits per heavy atom. The summed E-state index contributed by atoms with van der Waals surface area (Å²) in [4.78, 5) is 12.1. The van der Waals surface area contributed by atoms with Gasteiger partial charge in [-0.25, -0.2) is 4.79 Å². The van der Waals surface area contributed by atoms with Crippen LogP contribution in [0.5, 0.6) is 11.5 Å². The topological polar surface area (TPSA) is 46.5 Å². The largest absolute Gasteiger partial charge is 0.508 e. The number of aryl methyl sites for hydroxylation is 1. The van der Waals surface area contributed by atoms with Crippen molar-refractivity contribution in [3.05, 3.63) is 59.7 Å². The van der Waals surface area contributed by atoms with E-state index in [1.807, 2.05) is 24.3 Å². The molecule has 0 aliphatic heterocycles. The lowest BCUT2D eigenvalue weighted by Crippen LogP contribution is -2.08. The summed E-state index contributed by atoms with van der Waals surface area (Å²) in [5, 5.41) is 9.24. The summed E-state index contributed by atoms with van der Waals surface area (Å²) in [5.41, 5.74) is 1.80. The molecular weight excluding hydrogens is 312 g/mol. The molecule has 0 saturated heterocycles. The average molecular weight is 340 g/mol. The first kappa shape index (κ1) is 19.0. The molecule has 0 aromatic heterocycles. The van der Waals surface area contributed by atoms with Gasteiger partial charge in [-0.15, -0.1) is 0 Å². The predicted octanol–water partition coefficient (Wildman–Crippen LogP) is 5.90. The van der Waals surface area contributed by atoms with Gasteiger partial charge in [-0.3, -0.25) is 0 Å². The minimum absolute atomic E-state index is 0.148. The lowest BCUT2D eigenvalue weighted by Gasteiger charge is -2.06. The molecule has 2 aromatic carbocycles. The summed E-state index contributed by atoms with van der Waals surface area (Å²) < 4.78 is 5.29. The molecule has 25 heavy (non-hydrogen) atoms. The third kappa shape index (κ3) is 7.00. The van der Waals surface area contributed by atoms with Crippen molar-refractivity contribution in [2.75, 3.05) is 0 Å². The van der Waals surface area contributed by atoms with Crippen molar-refractivity contribution in [3.8, 4) is 11.5 Å². The Kier molecular flexibility index (Phi) is 8.03. The molecule has 1 N–H and O–H groups in total. The van der Waals surface area contributed by atoms with Crippen molar-refractivity contribution in [1.82, 2.24) is 0 Å². The molecule has 0 unspecified atom stereocenters. The maximum Gasteiger partial charge on any atom is 0.343 e. The zero-order valence-electron chi connectivity index (χ0n) is 15.0. The van der Waals surface area contributed by atoms with Crippen LogP contribution in [-0.4, -0.2) is 11.1 Å². The van der Waals surface area contributed by atoms with Crippen LogP contribution in [0.4, 0.5) is 0 Å². The minimum Gasteiger partial charge on any atom is -0.508 e. The van der Waals surface area contributed by atoms with Crippen molar-refractivity contribution in [2.24, 2.45) is 0 Å². The van der Waals surface area contributed by atoms with Gasteiger partial charge in [0.15, 0.2) is 0 Å². The Morgan fingerprint density at radius 1 is 0.840 bits per heavy atom. The van der Waals surface area contributed by atoms with E-state index in [9.17, 15) is 9.90 Å². The van der Waals surface area contributed by atoms with Crippen LogP contribution < -0.4 is 4.74 Å². The van der Waals surface area contributed by atoms with Gasteiger partial charge in [0.2, 0.25) is 0 Å². The standard InChI is InChI=1S/C22H28O3/c1-2-3-4-5-6-7-8-9-18-10-12-19(13-11-18)22(24)25-21-16-14-20(23)15-17-21/h10-17,23H,2-9H2,1H3. The molecule has 0 spiro atoms. The van der Waals surface area contributed by atoms with E-state index in [2.05, 4.69) is 6.92 Å². The second-order valence-corrected chi connectivity index (χ2v) is 6.45. The number of benzene rings is 2. The zero-order chi connectivity index (χ0) is 17.9. The Labute approximate surface area is 150 Å². The fourth-order valence-electron chi connectivity index (χ4n) is 2.77. The molecule has 0 fully saturated rings. The van der Waals surface area contributed by atoms with Gasteiger partial charge >= 0.3 is 5.97 Å². The number of unbranched alkanes of at least 4 members (excludes halogenated alkanes) is 6. The van der Waals surface area contributed by atoms with Crippen LogP contribution in [-0.2, 0) is 6.42 Å². The molecule has 0 bridgehead atoms. The van der Waals surface area contributed by atoms with Crippen LogP contribution >= 0.6 is 0 Å². The molecule has 0 amide bonds. The number of phenolic OH excluding ortho intramolecular Hbond substituents is 1. The van der Waals surface area contributed by atoms with E-state index in [4.69, 9.17) is 4.74 Å². The number of carbonyl (C=O) groups excluding carboxylic acids is 1. The third-order valence-corrected chi connectivity index (χ3v) is 4.31. The van der Waals surface area contributed by atoms with E-state index in [1.54, 1.807) is 12.1 Å². The molecule has 0 atom stereocenters. The average Bonchev–Trinajstić information content (AvgIpc) is 2.63. The number of carbonyl (C=O) groups is 1. The monoisotopic (exact) mass is 340 g/mol. The number of phenols is 1. The highest BCUT2D eigenvalue weighted by Gasteiger charge is 2.08. The van der Waals surface area contributed by atoms with Gasteiger partial charge in [0.25, 0.3) is 0 Å². The number of esters is 1. The number of hydrogen-bond donors (Lipinski definition) is 1. The second-order valence-electron chi connectivity index (χ2n) is 6.45. The van der Waals surface area contributed by atoms with Crippen molar-refractivity contribution < 1.29 is 14.6 Å². The fourth-order valence-corrected chi connectivity index (χ4v) is 2.77. The number of hydrogen-bond acceptors (Lipinski definition) is 3. The number of rotatable bonds is 10. The predicted molar refractivity (Wildman–Crippen MR) is 101 cm³/mol. The molecule has 3 nitrogen and oxygen atoms in total. The van der Waals surface area contributed by atoms with Gasteiger partial charge in [-0.2, -0.15) is 0 Å². The number of ether oxygens (including phenoxy) is 1. The number of aromatic hydroxyl groups is 1. The molecule has 134 valence electrons. The highest BCUT2D eigenvalue weighted by atomic mass is 16.5. The molecule has 2 aromatic rings. The molecule has 0 aliphatic rings. The van der Waals surface area contributed by atoms with E-state index in [1.165, 1.54) is 62.6 Å². The molecule has 0 saturated carbocycles. The van der Waals surface area contributed by atoms with Crippen LogP contribution in [0.3, 0.4) is 0 Å². The quantitative estimate of drug-likeness (QED) is 0.332. The molecular formula is C22H28O3. The van der Waals surface area contributed by atoms with Crippen molar-refractivity contribution in [3.63, 3.8) is 0 Å². The summed E-state index contributed by atoms with van der Waals surface area (Å²) in [6.45, 7) is 2.24. The van der Waals surface area contributed by atoms with Crippen molar-refractivity contribution in [2.45, 2.75) is 58.3 Å². The Morgan fingerprint density at radius 3 is 2.08 bits per heavy atom. The van der Waals surface area contributed by atoms with E-state index in [0.717, 1.165) is 6.42 Å². The van der Waals surface area contributed by atoms with Crippen molar-refractivity contribution >= 4 is 5.97 Å². The van der Waals surface area contributed by atoms with Crippen LogP contribution in [0.25, 0.3) is 0 Å². The first-order valence-electron chi connectivity index (χ1n) is 9.29. The molecule has 3 heteroatoms. The van der Waals surface area contributed by atoms with Crippen LogP contribution in [0, 0.1) is 0 Å². The fraction of sp³-hybridized carbons (Fsp3) is 0.409. The van der Waals surface area contributed by atoms with Crippen LogP contribution in [0.1, 0.15) is 67.8 Å². The van der Waals surface area contributed by atoms with Crippen molar-refractivity contribution in [1.29, 1.82) is 0 Å². The van der Waals surface area contributed by atoms with Gasteiger partial charge in [0.05, 0.1) is 5.56 Å². The Hall–Kier alpha value is -2.29. The van der Waals surface area contributed by atoms with Crippen LogP contribution in [0.15, 0.2) is 48.5 Å². The SMILES string of the molecule is CCCCCCCCCc1ccc(C(=O)Oc2ccc(O)cc2)cc1. The van der Waals surface area contributed by atoms with E-state index in [-0.39, 0.29) is 11.7 Å². The summed E-state index contributed by atoms with van der Waals surface area (Å²) in [7, 11) is 0. The normalized spacial score (nSPS) is 10.6. The first-order chi connectivity index (χ1) is 12.2. The van der Waals surface area contributed by atoms with E-state index in [0.29, 0.717) is 11.3 Å². The zero-order valence-corrected chi connectivity index (χ0v) is 15.0. The van der Waals surface area contributed by atoms with Gasteiger partial charge < -0.3 is 9.84 Å². The third-order valence-electron chi connectivity index (χ3n) is 4.31. The second kappa shape index (κ2) is 10.5. The van der Waals surface area contributed by atoms with E-state index >= 15 is 0 Å². The highest BCUT2D eigenvalue weighted by molar-refractivity contribution is 5.91. The summed E-state index contributed by atoms with van der Waals surface area (Å²) in [5.74, 6) is 0.192. The van der Waals surface area contributed by atoms with Crippen LogP contribution in [0.2, 0.25) is 0 Å². The molecule has 0 radical (unpaired) electrons. The van der Waals surface area contributed by atoms with Gasteiger partial charge in [0.1, 0.15) is 11.5 Å². The molecule has 0 aliphatic carbocycles. The summed E-state index contributed by atoms with van der Waals surface area (Å²) in [6, 6.07) is 13.8. The highest BCUT2D eigenvalue weighted by Crippen LogP contribution is 2.18. The summed E-state index contributed by atoms with van der Waals surface area (Å²) >= 11 is 0. The van der Waals surface area contributed by atoms with Gasteiger partial charge in [-0.1, -0.05) is 57.6 Å². The maximum absolute atomic E-state index is 12.1. The summed E-state index contributed by atoms with van der Waals surface area (Å²) in [6.07, 6.45) is 10.2.